The second kappa shape index (κ2) is 8.03. The largest absolute Gasteiger partial charge is 0.350 e. The quantitative estimate of drug-likeness (QED) is 0.853. The van der Waals surface area contributed by atoms with Crippen LogP contribution in [0.1, 0.15) is 53.7 Å². The van der Waals surface area contributed by atoms with Gasteiger partial charge in [-0.1, -0.05) is 19.1 Å². The van der Waals surface area contributed by atoms with Crippen LogP contribution in [-0.4, -0.2) is 61.3 Å². The molecule has 3 rings (SSSR count). The molecule has 1 saturated heterocycles. The number of aromatic nitrogens is 5. The number of carbonyl (C=O) groups excluding carboxylic acids is 2. The van der Waals surface area contributed by atoms with Crippen molar-refractivity contribution in [2.75, 3.05) is 19.6 Å². The van der Waals surface area contributed by atoms with Crippen LogP contribution in [-0.2, 0) is 0 Å². The van der Waals surface area contributed by atoms with E-state index in [1.54, 1.807) is 22.0 Å². The van der Waals surface area contributed by atoms with E-state index in [0.717, 1.165) is 12.8 Å². The zero-order valence-electron chi connectivity index (χ0n) is 15.0. The van der Waals surface area contributed by atoms with Crippen LogP contribution in [0.15, 0.2) is 24.8 Å². The van der Waals surface area contributed by atoms with E-state index in [4.69, 9.17) is 0 Å². The van der Waals surface area contributed by atoms with Gasteiger partial charge >= 0.3 is 0 Å². The van der Waals surface area contributed by atoms with Gasteiger partial charge in [0, 0.05) is 32.0 Å². The van der Waals surface area contributed by atoms with Crippen LogP contribution < -0.4 is 5.32 Å². The topological polar surface area (TPSA) is 106 Å². The molecule has 0 aromatic carbocycles. The van der Waals surface area contributed by atoms with E-state index in [9.17, 15) is 9.59 Å². The van der Waals surface area contributed by atoms with Crippen molar-refractivity contribution in [3.8, 4) is 0 Å². The minimum atomic E-state index is -0.208. The van der Waals surface area contributed by atoms with E-state index in [-0.39, 0.29) is 17.9 Å². The fourth-order valence-corrected chi connectivity index (χ4v) is 2.85. The lowest BCUT2D eigenvalue weighted by Crippen LogP contribution is -2.39. The first kappa shape index (κ1) is 18.0. The number of likely N-dealkylation sites (tertiary alicyclic amines) is 1. The Morgan fingerprint density at radius 3 is 2.65 bits per heavy atom. The molecular weight excluding hydrogens is 334 g/mol. The van der Waals surface area contributed by atoms with Crippen molar-refractivity contribution < 1.29 is 9.59 Å². The molecule has 9 nitrogen and oxygen atoms in total. The van der Waals surface area contributed by atoms with Crippen molar-refractivity contribution in [2.24, 2.45) is 5.92 Å². The molecule has 2 aromatic rings. The van der Waals surface area contributed by atoms with Gasteiger partial charge in [0.25, 0.3) is 11.8 Å². The Morgan fingerprint density at radius 1 is 1.23 bits per heavy atom. The summed E-state index contributed by atoms with van der Waals surface area (Å²) in [6.45, 7) is 5.89. The van der Waals surface area contributed by atoms with E-state index in [0.29, 0.717) is 36.9 Å². The first-order valence-corrected chi connectivity index (χ1v) is 8.80. The second-order valence-corrected chi connectivity index (χ2v) is 6.80. The molecule has 1 fully saturated rings. The third-order valence-corrected chi connectivity index (χ3v) is 4.32. The maximum atomic E-state index is 12.4. The van der Waals surface area contributed by atoms with E-state index in [1.807, 2.05) is 13.8 Å². The number of hydrogen-bond acceptors (Lipinski definition) is 6. The molecule has 138 valence electrons. The van der Waals surface area contributed by atoms with Gasteiger partial charge in [0.1, 0.15) is 5.69 Å². The monoisotopic (exact) mass is 357 g/mol. The fraction of sp³-hybridized carbons (Fsp3) is 0.529. The van der Waals surface area contributed by atoms with E-state index >= 15 is 0 Å². The standard InChI is InChI=1S/C17H23N7O2/c1-12(2)9-20-16(25)15-11-24(22-21-15)13-3-7-23(8-4-13)17(26)14-10-18-5-6-19-14/h5-6,10-13H,3-4,7-9H2,1-2H3,(H,20,25). The molecule has 1 N–H and O–H groups in total. The fourth-order valence-electron chi connectivity index (χ4n) is 2.85. The molecule has 2 aromatic heterocycles. The van der Waals surface area contributed by atoms with Crippen LogP contribution in [0.5, 0.6) is 0 Å². The van der Waals surface area contributed by atoms with E-state index in [1.165, 1.54) is 12.4 Å². The lowest BCUT2D eigenvalue weighted by Gasteiger charge is -2.31. The summed E-state index contributed by atoms with van der Waals surface area (Å²) in [4.78, 5) is 34.2. The summed E-state index contributed by atoms with van der Waals surface area (Å²) in [7, 11) is 0. The zero-order chi connectivity index (χ0) is 18.5. The predicted octanol–water partition coefficient (Wildman–Crippen LogP) is 0.931. The molecule has 0 aliphatic carbocycles. The van der Waals surface area contributed by atoms with Gasteiger partial charge in [-0.3, -0.25) is 14.6 Å². The molecule has 0 radical (unpaired) electrons. The number of rotatable bonds is 5. The summed E-state index contributed by atoms with van der Waals surface area (Å²) >= 11 is 0. The average Bonchev–Trinajstić information content (AvgIpc) is 3.16. The van der Waals surface area contributed by atoms with Crippen molar-refractivity contribution in [3.63, 3.8) is 0 Å². The molecule has 0 spiro atoms. The summed E-state index contributed by atoms with van der Waals surface area (Å²) in [5, 5.41) is 10.9. The molecule has 0 unspecified atom stereocenters. The van der Waals surface area contributed by atoms with Gasteiger partial charge in [-0.05, 0) is 18.8 Å². The molecule has 1 aliphatic heterocycles. The summed E-state index contributed by atoms with van der Waals surface area (Å²) in [6.07, 6.45) is 7.73. The summed E-state index contributed by atoms with van der Waals surface area (Å²) < 4.78 is 1.73. The number of piperidine rings is 1. The van der Waals surface area contributed by atoms with Crippen molar-refractivity contribution in [1.29, 1.82) is 0 Å². The molecule has 0 bridgehead atoms. The zero-order valence-corrected chi connectivity index (χ0v) is 15.0. The van der Waals surface area contributed by atoms with Gasteiger partial charge in [-0.15, -0.1) is 5.10 Å². The molecule has 26 heavy (non-hydrogen) atoms. The highest BCUT2D eigenvalue weighted by Crippen LogP contribution is 2.22. The van der Waals surface area contributed by atoms with Crippen LogP contribution in [0.4, 0.5) is 0 Å². The minimum Gasteiger partial charge on any atom is -0.350 e. The highest BCUT2D eigenvalue weighted by atomic mass is 16.2. The first-order chi connectivity index (χ1) is 12.5. The maximum absolute atomic E-state index is 12.4. The normalized spacial score (nSPS) is 15.3. The van der Waals surface area contributed by atoms with Crippen LogP contribution >= 0.6 is 0 Å². The van der Waals surface area contributed by atoms with Gasteiger partial charge in [-0.25, -0.2) is 9.67 Å². The highest BCUT2D eigenvalue weighted by Gasteiger charge is 2.26. The van der Waals surface area contributed by atoms with E-state index < -0.39 is 0 Å². The minimum absolute atomic E-state index is 0.108. The average molecular weight is 357 g/mol. The number of hydrogen-bond donors (Lipinski definition) is 1. The number of nitrogens with zero attached hydrogens (tertiary/aromatic N) is 6. The highest BCUT2D eigenvalue weighted by molar-refractivity contribution is 5.92. The van der Waals surface area contributed by atoms with Gasteiger partial charge < -0.3 is 10.2 Å². The smallest absolute Gasteiger partial charge is 0.274 e. The van der Waals surface area contributed by atoms with Crippen LogP contribution in [0, 0.1) is 5.92 Å². The van der Waals surface area contributed by atoms with Crippen LogP contribution in [0.3, 0.4) is 0 Å². The molecule has 1 aliphatic rings. The molecule has 0 saturated carbocycles. The van der Waals surface area contributed by atoms with Crippen molar-refractivity contribution in [3.05, 3.63) is 36.2 Å². The molecule has 0 atom stereocenters. The summed E-state index contributed by atoms with van der Waals surface area (Å²) in [5.74, 6) is 0.0641. The summed E-state index contributed by atoms with van der Waals surface area (Å²) in [5.41, 5.74) is 0.680. The maximum Gasteiger partial charge on any atom is 0.274 e. The molecular formula is C17H23N7O2. The Bertz CT molecular complexity index is 751. The predicted molar refractivity (Wildman–Crippen MR) is 93.4 cm³/mol. The summed E-state index contributed by atoms with van der Waals surface area (Å²) in [6, 6.07) is 0.125. The van der Waals surface area contributed by atoms with Gasteiger partial charge in [0.2, 0.25) is 0 Å². The van der Waals surface area contributed by atoms with Gasteiger partial charge in [0.15, 0.2) is 5.69 Å². The van der Waals surface area contributed by atoms with Crippen LogP contribution in [0.2, 0.25) is 0 Å². The van der Waals surface area contributed by atoms with Crippen molar-refractivity contribution in [2.45, 2.75) is 32.7 Å². The Morgan fingerprint density at radius 2 is 2.00 bits per heavy atom. The Kier molecular flexibility index (Phi) is 5.55. The number of carbonyl (C=O) groups is 2. The Balaban J connectivity index is 1.55. The van der Waals surface area contributed by atoms with E-state index in [2.05, 4.69) is 25.6 Å². The van der Waals surface area contributed by atoms with Crippen molar-refractivity contribution >= 4 is 11.8 Å². The Hall–Kier alpha value is -2.84. The van der Waals surface area contributed by atoms with Crippen LogP contribution in [0.25, 0.3) is 0 Å². The lowest BCUT2D eigenvalue weighted by atomic mass is 10.0. The molecule has 3 heterocycles. The molecule has 9 heteroatoms. The first-order valence-electron chi connectivity index (χ1n) is 8.80. The lowest BCUT2D eigenvalue weighted by molar-refractivity contribution is 0.0682. The molecule has 2 amide bonds. The van der Waals surface area contributed by atoms with Gasteiger partial charge in [0.05, 0.1) is 18.4 Å². The third-order valence-electron chi connectivity index (χ3n) is 4.32. The SMILES string of the molecule is CC(C)CNC(=O)c1cn(C2CCN(C(=O)c3cnccn3)CC2)nn1. The second-order valence-electron chi connectivity index (χ2n) is 6.80. The number of amides is 2. The third kappa shape index (κ3) is 4.22. The van der Waals surface area contributed by atoms with Crippen molar-refractivity contribution in [1.82, 2.24) is 35.2 Å². The Labute approximate surface area is 151 Å². The number of nitrogens with one attached hydrogen (secondary N) is 1. The van der Waals surface area contributed by atoms with Gasteiger partial charge in [-0.2, -0.15) is 0 Å².